The van der Waals surface area contributed by atoms with Crippen molar-refractivity contribution in [1.29, 1.82) is 0 Å². The summed E-state index contributed by atoms with van der Waals surface area (Å²) in [6, 6.07) is 68.4. The maximum Gasteiger partial charge on any atom is 0.0473 e. The summed E-state index contributed by atoms with van der Waals surface area (Å²) in [5.41, 5.74) is 8.12. The zero-order valence-electron chi connectivity index (χ0n) is 25.8. The van der Waals surface area contributed by atoms with E-state index in [2.05, 4.69) is 193 Å². The quantitative estimate of drug-likeness (QED) is 0.178. The van der Waals surface area contributed by atoms with Gasteiger partial charge in [-0.3, -0.25) is 0 Å². The largest absolute Gasteiger partial charge is 0.310 e. The van der Waals surface area contributed by atoms with Gasteiger partial charge in [-0.25, -0.2) is 0 Å². The summed E-state index contributed by atoms with van der Waals surface area (Å²) in [6.07, 6.45) is 0. The molecule has 0 aromatic heterocycles. The molecule has 0 unspecified atom stereocenters. The second kappa shape index (κ2) is 11.3. The highest BCUT2D eigenvalue weighted by Crippen LogP contribution is 2.42. The van der Waals surface area contributed by atoms with Crippen molar-refractivity contribution < 1.29 is 0 Å². The van der Waals surface area contributed by atoms with Crippen molar-refractivity contribution in [2.75, 3.05) is 4.90 Å². The van der Waals surface area contributed by atoms with E-state index in [0.717, 1.165) is 17.1 Å². The fraction of sp³-hybridized carbons (Fsp3) is 0. The second-order valence-electron chi connectivity index (χ2n) is 12.2. The molecule has 0 saturated carbocycles. The van der Waals surface area contributed by atoms with Gasteiger partial charge in [0.1, 0.15) is 0 Å². The van der Waals surface area contributed by atoms with Crippen LogP contribution in [0.15, 0.2) is 188 Å². The van der Waals surface area contributed by atoms with Crippen LogP contribution < -0.4 is 4.90 Å². The van der Waals surface area contributed by atoms with Crippen molar-refractivity contribution in [1.82, 2.24) is 0 Å². The standard InChI is InChI=1S/C46H31N/c1-3-11-32(12-4-1)38-27-39(33-13-5-2-6-14-33)31-42(30-38)47(40-23-25-45-36(28-40)21-19-34-15-7-9-17-43(34)45)41-24-26-46-37(29-41)22-20-35-16-8-10-18-44(35)46/h1-31H. The van der Waals surface area contributed by atoms with Crippen LogP contribution in [0, 0.1) is 0 Å². The molecule has 0 saturated heterocycles. The highest BCUT2D eigenvalue weighted by Gasteiger charge is 2.17. The van der Waals surface area contributed by atoms with Crippen LogP contribution >= 0.6 is 0 Å². The molecule has 220 valence electrons. The lowest BCUT2D eigenvalue weighted by molar-refractivity contribution is 1.29. The minimum absolute atomic E-state index is 1.12. The predicted octanol–water partition coefficient (Wildman–Crippen LogP) is 13.1. The number of hydrogen-bond donors (Lipinski definition) is 0. The van der Waals surface area contributed by atoms with Gasteiger partial charge in [-0.05, 0) is 108 Å². The zero-order chi connectivity index (χ0) is 31.2. The first-order valence-corrected chi connectivity index (χ1v) is 16.2. The van der Waals surface area contributed by atoms with E-state index in [9.17, 15) is 0 Å². The summed E-state index contributed by atoms with van der Waals surface area (Å²) in [4.78, 5) is 2.42. The maximum absolute atomic E-state index is 2.42. The van der Waals surface area contributed by atoms with Crippen LogP contribution in [0.2, 0.25) is 0 Å². The third kappa shape index (κ3) is 4.90. The lowest BCUT2D eigenvalue weighted by Gasteiger charge is -2.28. The molecule has 0 aliphatic heterocycles. The Balaban J connectivity index is 1.30. The van der Waals surface area contributed by atoms with Crippen LogP contribution in [0.3, 0.4) is 0 Å². The molecule has 9 aromatic rings. The Bertz CT molecular complexity index is 2390. The Morgan fingerprint density at radius 2 is 0.638 bits per heavy atom. The Hall–Kier alpha value is -6.18. The van der Waals surface area contributed by atoms with E-state index in [1.807, 2.05) is 0 Å². The third-order valence-corrected chi connectivity index (χ3v) is 9.36. The van der Waals surface area contributed by atoms with Gasteiger partial charge in [-0.1, -0.05) is 146 Å². The van der Waals surface area contributed by atoms with Crippen molar-refractivity contribution in [3.63, 3.8) is 0 Å². The monoisotopic (exact) mass is 597 g/mol. The number of anilines is 3. The SMILES string of the molecule is c1ccc(-c2cc(-c3ccccc3)cc(N(c3ccc4c(ccc5ccccc54)c3)c3ccc4c(ccc5ccccc54)c3)c2)cc1. The fourth-order valence-electron chi connectivity index (χ4n) is 7.06. The van der Waals surface area contributed by atoms with Crippen LogP contribution in [0.5, 0.6) is 0 Å². The molecule has 9 aromatic carbocycles. The van der Waals surface area contributed by atoms with Gasteiger partial charge in [0.15, 0.2) is 0 Å². The van der Waals surface area contributed by atoms with Gasteiger partial charge in [0.05, 0.1) is 0 Å². The van der Waals surface area contributed by atoms with E-state index in [1.165, 1.54) is 65.3 Å². The molecular weight excluding hydrogens is 567 g/mol. The Labute approximate surface area is 274 Å². The molecule has 0 N–H and O–H groups in total. The number of hydrogen-bond acceptors (Lipinski definition) is 1. The Morgan fingerprint density at radius 3 is 1.13 bits per heavy atom. The van der Waals surface area contributed by atoms with Crippen LogP contribution in [0.1, 0.15) is 0 Å². The van der Waals surface area contributed by atoms with Gasteiger partial charge in [0, 0.05) is 17.1 Å². The first-order chi connectivity index (χ1) is 23.3. The summed E-state index contributed by atoms with van der Waals surface area (Å²) < 4.78 is 0. The fourth-order valence-corrected chi connectivity index (χ4v) is 7.06. The highest BCUT2D eigenvalue weighted by atomic mass is 15.1. The molecule has 1 heteroatoms. The minimum atomic E-state index is 1.12. The van der Waals surface area contributed by atoms with Gasteiger partial charge in [0.25, 0.3) is 0 Å². The maximum atomic E-state index is 2.42. The van der Waals surface area contributed by atoms with Gasteiger partial charge in [-0.15, -0.1) is 0 Å². The van der Waals surface area contributed by atoms with E-state index in [1.54, 1.807) is 0 Å². The number of fused-ring (bicyclic) bond motifs is 6. The lowest BCUT2D eigenvalue weighted by Crippen LogP contribution is -2.10. The van der Waals surface area contributed by atoms with Crippen molar-refractivity contribution in [3.8, 4) is 22.3 Å². The smallest absolute Gasteiger partial charge is 0.0473 e. The van der Waals surface area contributed by atoms with Crippen LogP contribution in [-0.2, 0) is 0 Å². The number of rotatable bonds is 5. The Kier molecular flexibility index (Phi) is 6.54. The van der Waals surface area contributed by atoms with Crippen molar-refractivity contribution in [2.24, 2.45) is 0 Å². The highest BCUT2D eigenvalue weighted by molar-refractivity contribution is 6.10. The molecule has 0 spiro atoms. The van der Waals surface area contributed by atoms with Crippen LogP contribution in [0.4, 0.5) is 17.1 Å². The molecule has 0 radical (unpaired) electrons. The minimum Gasteiger partial charge on any atom is -0.310 e. The second-order valence-corrected chi connectivity index (χ2v) is 12.2. The molecule has 0 aliphatic carbocycles. The first-order valence-electron chi connectivity index (χ1n) is 16.2. The molecule has 0 atom stereocenters. The van der Waals surface area contributed by atoms with Gasteiger partial charge >= 0.3 is 0 Å². The summed E-state index contributed by atoms with van der Waals surface area (Å²) in [7, 11) is 0. The van der Waals surface area contributed by atoms with E-state index in [4.69, 9.17) is 0 Å². The summed E-state index contributed by atoms with van der Waals surface area (Å²) in [5, 5.41) is 10.0. The van der Waals surface area contributed by atoms with E-state index < -0.39 is 0 Å². The molecule has 0 heterocycles. The van der Waals surface area contributed by atoms with Gasteiger partial charge in [0.2, 0.25) is 0 Å². The van der Waals surface area contributed by atoms with Crippen molar-refractivity contribution in [3.05, 3.63) is 188 Å². The molecule has 0 amide bonds. The predicted molar refractivity (Wildman–Crippen MR) is 202 cm³/mol. The van der Waals surface area contributed by atoms with Crippen molar-refractivity contribution >= 4 is 60.2 Å². The topological polar surface area (TPSA) is 3.24 Å². The zero-order valence-corrected chi connectivity index (χ0v) is 25.8. The first kappa shape index (κ1) is 27.2. The average molecular weight is 598 g/mol. The lowest BCUT2D eigenvalue weighted by atomic mass is 9.96. The van der Waals surface area contributed by atoms with Gasteiger partial charge < -0.3 is 4.90 Å². The third-order valence-electron chi connectivity index (χ3n) is 9.36. The van der Waals surface area contributed by atoms with Crippen LogP contribution in [-0.4, -0.2) is 0 Å². The van der Waals surface area contributed by atoms with Gasteiger partial charge in [-0.2, -0.15) is 0 Å². The molecule has 0 fully saturated rings. The molecule has 0 aliphatic rings. The van der Waals surface area contributed by atoms with E-state index in [0.29, 0.717) is 0 Å². The van der Waals surface area contributed by atoms with Crippen LogP contribution in [0.25, 0.3) is 65.3 Å². The normalized spacial score (nSPS) is 11.4. The number of benzene rings is 9. The van der Waals surface area contributed by atoms with Crippen molar-refractivity contribution in [2.45, 2.75) is 0 Å². The Morgan fingerprint density at radius 1 is 0.234 bits per heavy atom. The molecule has 0 bridgehead atoms. The average Bonchev–Trinajstić information content (AvgIpc) is 3.15. The van der Waals surface area contributed by atoms with E-state index in [-0.39, 0.29) is 0 Å². The summed E-state index contributed by atoms with van der Waals surface area (Å²) in [5.74, 6) is 0. The molecular formula is C46H31N. The molecule has 1 nitrogen and oxygen atoms in total. The summed E-state index contributed by atoms with van der Waals surface area (Å²) >= 11 is 0. The van der Waals surface area contributed by atoms with E-state index >= 15 is 0 Å². The number of nitrogens with zero attached hydrogens (tertiary/aromatic N) is 1. The summed E-state index contributed by atoms with van der Waals surface area (Å²) in [6.45, 7) is 0. The molecule has 47 heavy (non-hydrogen) atoms. The molecule has 9 rings (SSSR count).